The van der Waals surface area contributed by atoms with E-state index in [2.05, 4.69) is 206 Å². The number of rotatable bonds is 9. The van der Waals surface area contributed by atoms with Crippen LogP contribution in [-0.4, -0.2) is 0 Å². The molecule has 0 spiro atoms. The van der Waals surface area contributed by atoms with Gasteiger partial charge >= 0.3 is 0 Å². The molecule has 0 radical (unpaired) electrons. The van der Waals surface area contributed by atoms with Crippen LogP contribution in [0.2, 0.25) is 0 Å². The molecule has 0 aliphatic carbocycles. The highest BCUT2D eigenvalue weighted by Crippen LogP contribution is 2.44. The summed E-state index contributed by atoms with van der Waals surface area (Å²) < 4.78 is 2.53. The topological polar surface area (TPSA) is 3.24 Å². The maximum atomic E-state index is 4.37. The molecular weight excluding hydrogens is 635 g/mol. The van der Waals surface area contributed by atoms with Crippen molar-refractivity contribution in [2.45, 2.75) is 6.92 Å². The summed E-state index contributed by atoms with van der Waals surface area (Å²) in [7, 11) is 0. The van der Waals surface area contributed by atoms with E-state index >= 15 is 0 Å². The maximum absolute atomic E-state index is 4.37. The van der Waals surface area contributed by atoms with Crippen molar-refractivity contribution >= 4 is 48.5 Å². The third-order valence-corrected chi connectivity index (χ3v) is 10.7. The van der Waals surface area contributed by atoms with Crippen molar-refractivity contribution in [1.82, 2.24) is 0 Å². The molecule has 0 aliphatic rings. The van der Waals surface area contributed by atoms with Gasteiger partial charge in [-0.25, -0.2) is 0 Å². The minimum atomic E-state index is 0.991. The quantitative estimate of drug-likeness (QED) is 0.138. The normalized spacial score (nSPS) is 11.9. The molecule has 0 atom stereocenters. The van der Waals surface area contributed by atoms with Crippen LogP contribution in [-0.2, 0) is 0 Å². The monoisotopic (exact) mass is 671 g/mol. The van der Waals surface area contributed by atoms with Crippen LogP contribution in [0.3, 0.4) is 0 Å². The lowest BCUT2D eigenvalue weighted by Crippen LogP contribution is -2.15. The van der Waals surface area contributed by atoms with Crippen molar-refractivity contribution in [2.75, 3.05) is 4.90 Å². The lowest BCUT2D eigenvalue weighted by molar-refractivity contribution is 1.22. The third-order valence-electron chi connectivity index (χ3n) is 9.46. The Bertz CT molecular complexity index is 2550. The van der Waals surface area contributed by atoms with Crippen molar-refractivity contribution in [3.05, 3.63) is 212 Å². The summed E-state index contributed by atoms with van der Waals surface area (Å²) in [5, 5.41) is 2.54. The molecule has 1 heterocycles. The molecule has 8 aromatic rings. The fourth-order valence-electron chi connectivity index (χ4n) is 6.98. The molecule has 7 aromatic carbocycles. The molecular formula is C49H37NS. The van der Waals surface area contributed by atoms with Gasteiger partial charge in [-0.3, -0.25) is 0 Å². The van der Waals surface area contributed by atoms with E-state index in [0.29, 0.717) is 0 Å². The van der Waals surface area contributed by atoms with Crippen LogP contribution < -0.4 is 4.90 Å². The van der Waals surface area contributed by atoms with Crippen molar-refractivity contribution in [3.8, 4) is 33.4 Å². The number of anilines is 2. The fraction of sp³-hybridized carbons (Fsp3) is 0.0204. The number of allylic oxidation sites excluding steroid dienone is 4. The average Bonchev–Trinajstić information content (AvgIpc) is 3.59. The van der Waals surface area contributed by atoms with Gasteiger partial charge in [-0.15, -0.1) is 11.3 Å². The first kappa shape index (κ1) is 32.0. The van der Waals surface area contributed by atoms with E-state index in [1.54, 1.807) is 0 Å². The second kappa shape index (κ2) is 14.3. The predicted molar refractivity (Wildman–Crippen MR) is 223 cm³/mol. The average molecular weight is 672 g/mol. The van der Waals surface area contributed by atoms with Gasteiger partial charge in [-0.2, -0.15) is 0 Å². The predicted octanol–water partition coefficient (Wildman–Crippen LogP) is 14.4. The molecule has 0 saturated carbocycles. The second-order valence-electron chi connectivity index (χ2n) is 12.6. The smallest absolute Gasteiger partial charge is 0.0640 e. The Hall–Kier alpha value is -6.22. The Balaban J connectivity index is 1.30. The number of hydrogen-bond donors (Lipinski definition) is 0. The lowest BCUT2D eigenvalue weighted by atomic mass is 9.94. The van der Waals surface area contributed by atoms with Gasteiger partial charge in [0.15, 0.2) is 0 Å². The molecule has 0 unspecified atom stereocenters. The van der Waals surface area contributed by atoms with Gasteiger partial charge in [0.05, 0.1) is 10.4 Å². The molecule has 51 heavy (non-hydrogen) atoms. The van der Waals surface area contributed by atoms with Crippen LogP contribution in [0.4, 0.5) is 11.4 Å². The Morgan fingerprint density at radius 1 is 0.529 bits per heavy atom. The van der Waals surface area contributed by atoms with Crippen LogP contribution >= 0.6 is 11.3 Å². The summed E-state index contributed by atoms with van der Waals surface area (Å²) in [6.07, 6.45) is 6.41. The van der Waals surface area contributed by atoms with E-state index in [1.807, 2.05) is 17.4 Å². The maximum Gasteiger partial charge on any atom is 0.0640 e. The van der Waals surface area contributed by atoms with E-state index in [-0.39, 0.29) is 0 Å². The van der Waals surface area contributed by atoms with Gasteiger partial charge in [-0.05, 0) is 87.9 Å². The van der Waals surface area contributed by atoms with Crippen LogP contribution in [0.25, 0.3) is 59.1 Å². The summed E-state index contributed by atoms with van der Waals surface area (Å²) in [5.74, 6) is 0. The first-order valence-corrected chi connectivity index (χ1v) is 18.1. The molecule has 0 aliphatic heterocycles. The Kier molecular flexibility index (Phi) is 8.99. The SMILES string of the molecule is C=C/C(=C\C=C(/C)c1ccccc1-c1ccccc1)N(c1cccc(-c2ccccc2-c2ccccc2)c1)c1cccc2c1sc1ccccc12. The van der Waals surface area contributed by atoms with Crippen LogP contribution in [0.1, 0.15) is 12.5 Å². The van der Waals surface area contributed by atoms with Gasteiger partial charge in [0.25, 0.3) is 0 Å². The Morgan fingerprint density at radius 3 is 1.84 bits per heavy atom. The highest BCUT2D eigenvalue weighted by Gasteiger charge is 2.19. The standard InChI is InChI=1S/C49H37NS/c1-3-39(33-32-35(2)41-24-10-11-25-42(41)36-18-6-4-7-19-36)50(47-30-17-29-46-45-28-14-15-31-48(45)51-49(46)47)40-23-16-22-38(34-40)44-27-13-12-26-43(44)37-20-8-5-9-21-37/h3-34H,1H2,2H3/b35-32+,39-33+. The van der Waals surface area contributed by atoms with Crippen molar-refractivity contribution in [1.29, 1.82) is 0 Å². The van der Waals surface area contributed by atoms with Crippen molar-refractivity contribution in [3.63, 3.8) is 0 Å². The number of benzene rings is 7. The zero-order chi connectivity index (χ0) is 34.6. The van der Waals surface area contributed by atoms with E-state index in [4.69, 9.17) is 0 Å². The summed E-state index contributed by atoms with van der Waals surface area (Å²) in [6, 6.07) is 62.8. The minimum absolute atomic E-state index is 0.991. The lowest BCUT2D eigenvalue weighted by Gasteiger charge is -2.27. The Morgan fingerprint density at radius 2 is 1.10 bits per heavy atom. The molecule has 0 saturated heterocycles. The van der Waals surface area contributed by atoms with Gasteiger partial charge in [0.2, 0.25) is 0 Å². The molecule has 2 heteroatoms. The van der Waals surface area contributed by atoms with Crippen LogP contribution in [0, 0.1) is 0 Å². The molecule has 0 amide bonds. The van der Waals surface area contributed by atoms with Gasteiger partial charge in [-0.1, -0.05) is 164 Å². The zero-order valence-corrected chi connectivity index (χ0v) is 29.4. The fourth-order valence-corrected chi connectivity index (χ4v) is 8.19. The summed E-state index contributed by atoms with van der Waals surface area (Å²) in [4.78, 5) is 2.37. The highest BCUT2D eigenvalue weighted by molar-refractivity contribution is 7.26. The first-order chi connectivity index (χ1) is 25.2. The molecule has 0 bridgehead atoms. The zero-order valence-electron chi connectivity index (χ0n) is 28.5. The van der Waals surface area contributed by atoms with Crippen LogP contribution in [0.5, 0.6) is 0 Å². The number of nitrogens with zero attached hydrogens (tertiary/aromatic N) is 1. The van der Waals surface area contributed by atoms with E-state index < -0.39 is 0 Å². The van der Waals surface area contributed by atoms with Gasteiger partial charge in [0.1, 0.15) is 0 Å². The van der Waals surface area contributed by atoms with Crippen molar-refractivity contribution < 1.29 is 0 Å². The highest BCUT2D eigenvalue weighted by atomic mass is 32.1. The van der Waals surface area contributed by atoms with Crippen molar-refractivity contribution in [2.24, 2.45) is 0 Å². The molecule has 1 nitrogen and oxygen atoms in total. The first-order valence-electron chi connectivity index (χ1n) is 17.3. The molecule has 0 fully saturated rings. The van der Waals surface area contributed by atoms with E-state index in [0.717, 1.165) is 22.6 Å². The van der Waals surface area contributed by atoms with Crippen LogP contribution in [0.15, 0.2) is 206 Å². The molecule has 0 N–H and O–H groups in total. The number of hydrogen-bond acceptors (Lipinski definition) is 2. The largest absolute Gasteiger partial charge is 0.309 e. The van der Waals surface area contributed by atoms with Gasteiger partial charge in [0, 0.05) is 26.9 Å². The molecule has 1 aromatic heterocycles. The summed E-state index contributed by atoms with van der Waals surface area (Å²) >= 11 is 1.84. The Labute approximate surface area is 304 Å². The number of thiophene rings is 1. The van der Waals surface area contributed by atoms with E-state index in [1.165, 1.54) is 59.1 Å². The van der Waals surface area contributed by atoms with Gasteiger partial charge < -0.3 is 4.90 Å². The summed E-state index contributed by atoms with van der Waals surface area (Å²) in [6.45, 7) is 6.56. The second-order valence-corrected chi connectivity index (χ2v) is 13.7. The number of fused-ring (bicyclic) bond motifs is 3. The minimum Gasteiger partial charge on any atom is -0.309 e. The third kappa shape index (κ3) is 6.34. The summed E-state index contributed by atoms with van der Waals surface area (Å²) in [5.41, 5.74) is 12.8. The van der Waals surface area contributed by atoms with E-state index in [9.17, 15) is 0 Å². The molecule has 8 rings (SSSR count). The molecule has 244 valence electrons.